The van der Waals surface area contributed by atoms with E-state index in [1.54, 1.807) is 0 Å². The highest BCUT2D eigenvalue weighted by molar-refractivity contribution is 7.97. The van der Waals surface area contributed by atoms with Gasteiger partial charge >= 0.3 is 23.3 Å². The quantitative estimate of drug-likeness (QED) is 0.277. The summed E-state index contributed by atoms with van der Waals surface area (Å²) in [5.41, 5.74) is 0. The lowest BCUT2D eigenvalue weighted by atomic mass is 10.1. The van der Waals surface area contributed by atoms with E-state index in [1.165, 1.54) is 27.2 Å². The summed E-state index contributed by atoms with van der Waals surface area (Å²) >= 11 is 0. The summed E-state index contributed by atoms with van der Waals surface area (Å²) in [4.78, 5) is 1.54. The van der Waals surface area contributed by atoms with Crippen LogP contribution in [0, 0.1) is 0 Å². The number of hydrogen-bond donors (Lipinski definition) is 0. The molecule has 0 aliphatic rings. The Morgan fingerprint density at radius 1 is 0.781 bits per heavy atom. The third kappa shape index (κ3) is 5.28. The van der Waals surface area contributed by atoms with Crippen LogP contribution in [0.1, 0.15) is 13.8 Å². The van der Waals surface area contributed by atoms with Crippen molar-refractivity contribution in [3.8, 4) is 0 Å². The fourth-order valence-electron chi connectivity index (χ4n) is 2.48. The predicted molar refractivity (Wildman–Crippen MR) is 101 cm³/mol. The minimum atomic E-state index is -7.43. The maximum absolute atomic E-state index is 12.2. The molecule has 0 aliphatic heterocycles. The standard InChI is InChI=1S/C14H17S.C4HF9O3S/c1-3-15(4-2)14-11-7-9-12-8-5-6-10-13(12)14;5-1(6,3(9,10)11)2(7,8)4(12,13)17(14,15)16/h5-11H,3-4H2,1-2H3;(H,14,15,16)/q+1;/p-1. The Morgan fingerprint density at radius 2 is 1.25 bits per heavy atom. The van der Waals surface area contributed by atoms with Gasteiger partial charge in [-0.05, 0) is 31.4 Å². The summed E-state index contributed by atoms with van der Waals surface area (Å²) in [5, 5.41) is -4.31. The molecular weight excluding hydrogens is 499 g/mol. The topological polar surface area (TPSA) is 57.2 Å². The highest BCUT2D eigenvalue weighted by atomic mass is 32.2. The average molecular weight is 516 g/mol. The van der Waals surface area contributed by atoms with Crippen LogP contribution in [0.2, 0.25) is 0 Å². The van der Waals surface area contributed by atoms with Gasteiger partial charge in [-0.1, -0.05) is 30.3 Å². The first-order chi connectivity index (χ1) is 14.4. The number of hydrogen-bond acceptors (Lipinski definition) is 3. The fraction of sp³-hybridized carbons (Fsp3) is 0.444. The van der Waals surface area contributed by atoms with Crippen molar-refractivity contribution in [2.45, 2.75) is 42.0 Å². The van der Waals surface area contributed by atoms with E-state index < -0.39 is 33.4 Å². The monoisotopic (exact) mass is 516 g/mol. The number of alkyl halides is 9. The molecule has 0 aliphatic carbocycles. The predicted octanol–water partition coefficient (Wildman–Crippen LogP) is 5.81. The summed E-state index contributed by atoms with van der Waals surface area (Å²) in [6.07, 6.45) is -7.16. The summed E-state index contributed by atoms with van der Waals surface area (Å²) in [6.45, 7) is 4.57. The van der Waals surface area contributed by atoms with Crippen LogP contribution < -0.4 is 0 Å². The number of rotatable bonds is 6. The van der Waals surface area contributed by atoms with Gasteiger partial charge in [-0.25, -0.2) is 8.42 Å². The molecule has 2 aromatic rings. The Bertz CT molecular complexity index is 1010. The molecule has 0 saturated carbocycles. The molecule has 0 unspecified atom stereocenters. The van der Waals surface area contributed by atoms with Crippen LogP contribution >= 0.6 is 0 Å². The van der Waals surface area contributed by atoms with Crippen molar-refractivity contribution in [2.75, 3.05) is 11.5 Å². The average Bonchev–Trinajstić information content (AvgIpc) is 2.67. The first-order valence-corrected chi connectivity index (χ1v) is 11.6. The van der Waals surface area contributed by atoms with Crippen LogP contribution in [0.15, 0.2) is 47.4 Å². The maximum atomic E-state index is 12.2. The maximum Gasteiger partial charge on any atom is 0.460 e. The fourth-order valence-corrected chi connectivity index (χ4v) is 4.72. The Labute approximate surface area is 180 Å². The van der Waals surface area contributed by atoms with Crippen LogP contribution in [0.5, 0.6) is 0 Å². The van der Waals surface area contributed by atoms with E-state index in [0.717, 1.165) is 0 Å². The van der Waals surface area contributed by atoms with Gasteiger partial charge < -0.3 is 4.55 Å². The lowest BCUT2D eigenvalue weighted by Crippen LogP contribution is -2.63. The molecule has 0 bridgehead atoms. The van der Waals surface area contributed by atoms with Crippen LogP contribution in [0.25, 0.3) is 10.8 Å². The van der Waals surface area contributed by atoms with Crippen molar-refractivity contribution in [3.63, 3.8) is 0 Å². The minimum absolute atomic E-state index is 0.424. The van der Waals surface area contributed by atoms with Gasteiger partial charge in [0.2, 0.25) is 0 Å². The number of halogens is 9. The van der Waals surface area contributed by atoms with Crippen molar-refractivity contribution >= 4 is 31.8 Å². The molecule has 2 aromatic carbocycles. The Hall–Kier alpha value is -1.67. The molecule has 0 heterocycles. The largest absolute Gasteiger partial charge is 0.743 e. The third-order valence-corrected chi connectivity index (χ3v) is 7.44. The van der Waals surface area contributed by atoms with Gasteiger partial charge in [0.25, 0.3) is 0 Å². The summed E-state index contributed by atoms with van der Waals surface area (Å²) in [6, 6.07) is 15.4. The molecule has 3 nitrogen and oxygen atoms in total. The molecule has 0 aromatic heterocycles. The zero-order valence-electron chi connectivity index (χ0n) is 16.4. The van der Waals surface area contributed by atoms with Crippen molar-refractivity contribution in [2.24, 2.45) is 0 Å². The molecule has 0 fully saturated rings. The van der Waals surface area contributed by atoms with Crippen molar-refractivity contribution in [1.82, 2.24) is 0 Å². The van der Waals surface area contributed by atoms with Crippen molar-refractivity contribution < 1.29 is 52.5 Å². The van der Waals surface area contributed by atoms with Gasteiger partial charge in [-0.3, -0.25) is 0 Å². The summed E-state index contributed by atoms with van der Waals surface area (Å²) in [7, 11) is -6.99. The van der Waals surface area contributed by atoms with Crippen LogP contribution in [0.4, 0.5) is 39.5 Å². The molecule has 0 spiro atoms. The lowest BCUT2D eigenvalue weighted by molar-refractivity contribution is -0.382. The van der Waals surface area contributed by atoms with Crippen LogP contribution in [-0.2, 0) is 21.0 Å². The molecule has 14 heteroatoms. The first-order valence-electron chi connectivity index (χ1n) is 8.67. The van der Waals surface area contributed by atoms with Crippen LogP contribution in [-0.4, -0.2) is 47.8 Å². The van der Waals surface area contributed by atoms with Crippen molar-refractivity contribution in [1.29, 1.82) is 0 Å². The van der Waals surface area contributed by atoms with E-state index in [-0.39, 0.29) is 0 Å². The molecule has 0 saturated heterocycles. The van der Waals surface area contributed by atoms with Gasteiger partial charge in [0, 0.05) is 16.3 Å². The molecular formula is C18H17F9O3S2. The molecule has 182 valence electrons. The highest BCUT2D eigenvalue weighted by Gasteiger charge is 2.83. The Kier molecular flexibility index (Phi) is 8.57. The summed E-state index contributed by atoms with van der Waals surface area (Å²) < 4.78 is 135. The van der Waals surface area contributed by atoms with E-state index in [9.17, 15) is 52.5 Å². The van der Waals surface area contributed by atoms with Crippen molar-refractivity contribution in [3.05, 3.63) is 42.5 Å². The van der Waals surface area contributed by atoms with Crippen LogP contribution in [0.3, 0.4) is 0 Å². The Morgan fingerprint density at radius 3 is 1.69 bits per heavy atom. The molecule has 0 amide bonds. The summed E-state index contributed by atoms with van der Waals surface area (Å²) in [5.74, 6) is -12.3. The SMILES string of the molecule is CC[S+](CC)c1cccc2ccccc12.O=S(=O)([O-])C(F)(F)C(F)(F)C(F)(F)C(F)(F)F. The number of fused-ring (bicyclic) bond motifs is 1. The second kappa shape index (κ2) is 9.67. The normalized spacial score (nSPS) is 13.8. The Balaban J connectivity index is 0.000000321. The highest BCUT2D eigenvalue weighted by Crippen LogP contribution is 2.54. The van der Waals surface area contributed by atoms with Gasteiger partial charge in [0.1, 0.15) is 11.5 Å². The molecule has 32 heavy (non-hydrogen) atoms. The zero-order chi connectivity index (χ0) is 25.2. The zero-order valence-corrected chi connectivity index (χ0v) is 18.0. The van der Waals surface area contributed by atoms with E-state index in [4.69, 9.17) is 0 Å². The van der Waals surface area contributed by atoms with Gasteiger partial charge in [0.15, 0.2) is 15.0 Å². The first kappa shape index (κ1) is 28.4. The molecule has 2 rings (SSSR count). The van der Waals surface area contributed by atoms with Gasteiger partial charge in [0.05, 0.1) is 0 Å². The number of benzene rings is 2. The second-order valence-corrected chi connectivity index (χ2v) is 10.2. The minimum Gasteiger partial charge on any atom is -0.743 e. The van der Waals surface area contributed by atoms with E-state index in [2.05, 4.69) is 56.3 Å². The van der Waals surface area contributed by atoms with Gasteiger partial charge in [-0.2, -0.15) is 39.5 Å². The molecule has 0 N–H and O–H groups in total. The molecule has 0 radical (unpaired) electrons. The van der Waals surface area contributed by atoms with E-state index in [0.29, 0.717) is 10.9 Å². The van der Waals surface area contributed by atoms with Gasteiger partial charge in [-0.15, -0.1) is 0 Å². The molecule has 0 atom stereocenters. The lowest BCUT2D eigenvalue weighted by Gasteiger charge is -2.34. The smallest absolute Gasteiger partial charge is 0.460 e. The second-order valence-electron chi connectivity index (χ2n) is 6.16. The third-order valence-electron chi connectivity index (χ3n) is 4.19. The van der Waals surface area contributed by atoms with E-state index in [1.807, 2.05) is 0 Å². The van der Waals surface area contributed by atoms with E-state index >= 15 is 0 Å².